The zero-order chi connectivity index (χ0) is 15.6. The molecule has 0 aliphatic heterocycles. The monoisotopic (exact) mass is 299 g/mol. The largest absolute Gasteiger partial charge is 0.481 e. The predicted molar refractivity (Wildman–Crippen MR) is 67.9 cm³/mol. The van der Waals surface area contributed by atoms with E-state index in [4.69, 9.17) is 5.11 Å². The van der Waals surface area contributed by atoms with E-state index in [2.05, 4.69) is 5.32 Å². The van der Waals surface area contributed by atoms with E-state index in [-0.39, 0.29) is 18.5 Å². The van der Waals surface area contributed by atoms with Crippen molar-refractivity contribution in [2.45, 2.75) is 12.8 Å². The summed E-state index contributed by atoms with van der Waals surface area (Å²) in [5, 5.41) is 11.3. The summed E-state index contributed by atoms with van der Waals surface area (Å²) in [7, 11) is 0. The lowest BCUT2D eigenvalue weighted by Crippen LogP contribution is -2.34. The van der Waals surface area contributed by atoms with Crippen molar-refractivity contribution in [1.29, 1.82) is 0 Å². The molecule has 1 aromatic rings. The normalized spacial score (nSPS) is 21.1. The highest BCUT2D eigenvalue weighted by atomic mass is 19.2. The van der Waals surface area contributed by atoms with Crippen molar-refractivity contribution < 1.29 is 27.9 Å². The van der Waals surface area contributed by atoms with Gasteiger partial charge in [0, 0.05) is 17.8 Å². The number of carbonyl (C=O) groups excluding carboxylic acids is 1. The summed E-state index contributed by atoms with van der Waals surface area (Å²) in [6.07, 6.45) is 3.77. The van der Waals surface area contributed by atoms with Crippen molar-refractivity contribution in [1.82, 2.24) is 0 Å². The minimum absolute atomic E-state index is 0.208. The molecular formula is C14H12F3NO3. The van der Waals surface area contributed by atoms with Crippen LogP contribution in [0.1, 0.15) is 12.8 Å². The van der Waals surface area contributed by atoms with Gasteiger partial charge in [-0.25, -0.2) is 13.2 Å². The number of benzene rings is 1. The average Bonchev–Trinajstić information content (AvgIpc) is 2.44. The topological polar surface area (TPSA) is 66.4 Å². The first-order valence-electron chi connectivity index (χ1n) is 6.23. The van der Waals surface area contributed by atoms with Crippen LogP contribution in [-0.4, -0.2) is 17.0 Å². The number of carboxylic acid groups (broad SMARTS) is 1. The molecule has 21 heavy (non-hydrogen) atoms. The number of carboxylic acids is 1. The fourth-order valence-corrected chi connectivity index (χ4v) is 2.24. The van der Waals surface area contributed by atoms with Crippen LogP contribution in [0.5, 0.6) is 0 Å². The third kappa shape index (κ3) is 3.24. The zero-order valence-electron chi connectivity index (χ0n) is 10.8. The average molecular weight is 299 g/mol. The van der Waals surface area contributed by atoms with Crippen LogP contribution in [0.2, 0.25) is 0 Å². The van der Waals surface area contributed by atoms with E-state index < -0.39 is 41.2 Å². The number of hydrogen-bond donors (Lipinski definition) is 2. The third-order valence-electron chi connectivity index (χ3n) is 3.34. The number of carbonyl (C=O) groups is 2. The summed E-state index contributed by atoms with van der Waals surface area (Å²) in [6, 6.07) is 1.29. The van der Waals surface area contributed by atoms with Gasteiger partial charge < -0.3 is 10.4 Å². The Morgan fingerprint density at radius 3 is 2.10 bits per heavy atom. The Kier molecular flexibility index (Phi) is 4.30. The smallest absolute Gasteiger partial charge is 0.307 e. The Labute approximate surface area is 118 Å². The second-order valence-electron chi connectivity index (χ2n) is 4.74. The maximum Gasteiger partial charge on any atom is 0.307 e. The van der Waals surface area contributed by atoms with Crippen molar-refractivity contribution in [2.75, 3.05) is 5.32 Å². The molecule has 0 bridgehead atoms. The molecule has 0 saturated heterocycles. The predicted octanol–water partition coefficient (Wildman–Crippen LogP) is 2.71. The molecule has 0 fully saturated rings. The van der Waals surface area contributed by atoms with Crippen molar-refractivity contribution in [2.24, 2.45) is 11.8 Å². The van der Waals surface area contributed by atoms with Gasteiger partial charge >= 0.3 is 5.97 Å². The summed E-state index contributed by atoms with van der Waals surface area (Å²) < 4.78 is 39.0. The lowest BCUT2D eigenvalue weighted by molar-refractivity contribution is -0.146. The van der Waals surface area contributed by atoms with Crippen LogP contribution in [-0.2, 0) is 9.59 Å². The number of amides is 1. The van der Waals surface area contributed by atoms with E-state index in [0.717, 1.165) is 0 Å². The maximum absolute atomic E-state index is 13.1. The molecule has 1 aliphatic rings. The van der Waals surface area contributed by atoms with Crippen molar-refractivity contribution >= 4 is 17.6 Å². The van der Waals surface area contributed by atoms with Crippen LogP contribution in [0.3, 0.4) is 0 Å². The SMILES string of the molecule is O=C(O)C1CC=CCC1C(=O)Nc1cc(F)c(F)c(F)c1. The molecule has 2 N–H and O–H groups in total. The van der Waals surface area contributed by atoms with Crippen molar-refractivity contribution in [3.8, 4) is 0 Å². The first-order valence-corrected chi connectivity index (χ1v) is 6.23. The summed E-state index contributed by atoms with van der Waals surface area (Å²) in [4.78, 5) is 23.1. The maximum atomic E-state index is 13.1. The van der Waals surface area contributed by atoms with Crippen molar-refractivity contribution in [3.05, 3.63) is 41.7 Å². The van der Waals surface area contributed by atoms with Gasteiger partial charge in [0.05, 0.1) is 11.8 Å². The molecule has 0 heterocycles. The first-order chi connectivity index (χ1) is 9.90. The van der Waals surface area contributed by atoms with E-state index in [0.29, 0.717) is 12.1 Å². The molecule has 1 aromatic carbocycles. The quantitative estimate of drug-likeness (QED) is 0.666. The van der Waals surface area contributed by atoms with Gasteiger partial charge in [-0.15, -0.1) is 0 Å². The van der Waals surface area contributed by atoms with E-state index in [1.165, 1.54) is 0 Å². The highest BCUT2D eigenvalue weighted by Gasteiger charge is 2.34. The van der Waals surface area contributed by atoms with Gasteiger partial charge in [-0.1, -0.05) is 12.2 Å². The van der Waals surface area contributed by atoms with Gasteiger partial charge in [0.2, 0.25) is 5.91 Å². The molecular weight excluding hydrogens is 287 g/mol. The zero-order valence-corrected chi connectivity index (χ0v) is 10.8. The molecule has 7 heteroatoms. The Bertz CT molecular complexity index is 592. The molecule has 2 rings (SSSR count). The Hall–Kier alpha value is -2.31. The molecule has 0 aromatic heterocycles. The van der Waals surface area contributed by atoms with E-state index in [1.807, 2.05) is 0 Å². The number of anilines is 1. The van der Waals surface area contributed by atoms with E-state index >= 15 is 0 Å². The third-order valence-corrected chi connectivity index (χ3v) is 3.34. The van der Waals surface area contributed by atoms with Crippen LogP contribution in [0, 0.1) is 29.3 Å². The summed E-state index contributed by atoms with van der Waals surface area (Å²) >= 11 is 0. The molecule has 0 radical (unpaired) electrons. The van der Waals surface area contributed by atoms with Crippen LogP contribution in [0.25, 0.3) is 0 Å². The molecule has 4 nitrogen and oxygen atoms in total. The van der Waals surface area contributed by atoms with Gasteiger partial charge in [-0.3, -0.25) is 9.59 Å². The fraction of sp³-hybridized carbons (Fsp3) is 0.286. The standard InChI is InChI=1S/C14H12F3NO3/c15-10-5-7(6-11(16)12(10)17)18-13(19)8-3-1-2-4-9(8)14(20)21/h1-2,5-6,8-9H,3-4H2,(H,18,19)(H,20,21). The van der Waals surface area contributed by atoms with Crippen LogP contribution >= 0.6 is 0 Å². The minimum atomic E-state index is -1.63. The van der Waals surface area contributed by atoms with Crippen LogP contribution < -0.4 is 5.32 Å². The Morgan fingerprint density at radius 1 is 1.05 bits per heavy atom. The lowest BCUT2D eigenvalue weighted by atomic mass is 9.82. The number of aliphatic carboxylic acids is 1. The molecule has 1 amide bonds. The van der Waals surface area contributed by atoms with Gasteiger partial charge in [0.25, 0.3) is 0 Å². The molecule has 2 atom stereocenters. The van der Waals surface area contributed by atoms with Crippen molar-refractivity contribution in [3.63, 3.8) is 0 Å². The lowest BCUT2D eigenvalue weighted by Gasteiger charge is -2.24. The molecule has 2 unspecified atom stereocenters. The van der Waals surface area contributed by atoms with Gasteiger partial charge in [0.15, 0.2) is 17.5 Å². The number of halogens is 3. The summed E-state index contributed by atoms with van der Waals surface area (Å²) in [6.45, 7) is 0. The molecule has 112 valence electrons. The second-order valence-corrected chi connectivity index (χ2v) is 4.74. The second kappa shape index (κ2) is 5.99. The first kappa shape index (κ1) is 15.1. The van der Waals surface area contributed by atoms with Crippen LogP contribution in [0.4, 0.5) is 18.9 Å². The fourth-order valence-electron chi connectivity index (χ4n) is 2.24. The van der Waals surface area contributed by atoms with E-state index in [1.54, 1.807) is 12.2 Å². The number of allylic oxidation sites excluding steroid dienone is 2. The number of nitrogens with one attached hydrogen (secondary N) is 1. The van der Waals surface area contributed by atoms with E-state index in [9.17, 15) is 22.8 Å². The minimum Gasteiger partial charge on any atom is -0.481 e. The molecule has 1 aliphatic carbocycles. The Morgan fingerprint density at radius 2 is 1.57 bits per heavy atom. The molecule has 0 spiro atoms. The van der Waals surface area contributed by atoms with Gasteiger partial charge in [-0.2, -0.15) is 0 Å². The molecule has 0 saturated carbocycles. The highest BCUT2D eigenvalue weighted by Crippen LogP contribution is 2.27. The highest BCUT2D eigenvalue weighted by molar-refractivity contribution is 5.95. The number of hydrogen-bond acceptors (Lipinski definition) is 2. The van der Waals surface area contributed by atoms with Gasteiger partial charge in [-0.05, 0) is 12.8 Å². The van der Waals surface area contributed by atoms with Crippen LogP contribution in [0.15, 0.2) is 24.3 Å². The van der Waals surface area contributed by atoms with Gasteiger partial charge in [0.1, 0.15) is 0 Å². The summed E-state index contributed by atoms with van der Waals surface area (Å²) in [5.41, 5.74) is -0.255. The summed E-state index contributed by atoms with van der Waals surface area (Å²) in [5.74, 6) is -8.01. The Balaban J connectivity index is 2.17. The number of rotatable bonds is 3.